The van der Waals surface area contributed by atoms with Crippen molar-refractivity contribution in [2.24, 2.45) is 23.0 Å². The Morgan fingerprint density at radius 1 is 1.30 bits per heavy atom. The second-order valence-electron chi connectivity index (χ2n) is 10.1. The van der Waals surface area contributed by atoms with Crippen LogP contribution in [0.5, 0.6) is 0 Å². The number of amides is 2. The number of nitrogens with two attached hydrogens (primary N) is 1. The predicted octanol–water partition coefficient (Wildman–Crippen LogP) is 2.97. The molecule has 1 aromatic heterocycles. The van der Waals surface area contributed by atoms with Gasteiger partial charge < -0.3 is 20.5 Å². The van der Waals surface area contributed by atoms with E-state index in [9.17, 15) is 9.59 Å². The van der Waals surface area contributed by atoms with Crippen molar-refractivity contribution in [3.63, 3.8) is 0 Å². The Labute approximate surface area is 180 Å². The van der Waals surface area contributed by atoms with Crippen molar-refractivity contribution in [3.8, 4) is 0 Å². The lowest BCUT2D eigenvalue weighted by Gasteiger charge is -2.37. The standard InChI is InChI=1S/C23H37N5O2/c1-14-7-9-15(10-8-14)21-26-19(20(24)29)17-13-27(6)12-11-16(28(17)21)18(22(30)25-5)23(2,3)4/h9,14,16,18H,7-8,10-13H2,1-6H3,(H2,24,29)(H,25,30)/t14?,16?,18-/m0/s1. The van der Waals surface area contributed by atoms with Gasteiger partial charge >= 0.3 is 0 Å². The van der Waals surface area contributed by atoms with Crippen LogP contribution in [0.4, 0.5) is 0 Å². The third-order valence-electron chi connectivity index (χ3n) is 6.61. The number of rotatable bonds is 4. The van der Waals surface area contributed by atoms with Crippen LogP contribution in [0.25, 0.3) is 5.57 Å². The minimum atomic E-state index is -0.504. The first-order valence-corrected chi connectivity index (χ1v) is 11.0. The number of imidazole rings is 1. The van der Waals surface area contributed by atoms with Gasteiger partial charge in [-0.25, -0.2) is 4.98 Å². The third-order valence-corrected chi connectivity index (χ3v) is 6.61. The molecule has 7 nitrogen and oxygen atoms in total. The van der Waals surface area contributed by atoms with Crippen LogP contribution in [0.15, 0.2) is 6.08 Å². The molecule has 30 heavy (non-hydrogen) atoms. The van der Waals surface area contributed by atoms with Gasteiger partial charge in [-0.15, -0.1) is 0 Å². The average Bonchev–Trinajstić information content (AvgIpc) is 2.95. The first-order chi connectivity index (χ1) is 14.0. The molecule has 0 spiro atoms. The number of fused-ring (bicyclic) bond motifs is 1. The summed E-state index contributed by atoms with van der Waals surface area (Å²) in [5.74, 6) is 0.734. The van der Waals surface area contributed by atoms with Gasteiger partial charge in [-0.3, -0.25) is 9.59 Å². The number of carbonyl (C=O) groups excluding carboxylic acids is 2. The summed E-state index contributed by atoms with van der Waals surface area (Å²) < 4.78 is 2.19. The van der Waals surface area contributed by atoms with Crippen LogP contribution >= 0.6 is 0 Å². The molecule has 3 rings (SSSR count). The molecule has 0 saturated heterocycles. The number of aromatic nitrogens is 2. The van der Waals surface area contributed by atoms with Gasteiger partial charge in [0, 0.05) is 26.2 Å². The summed E-state index contributed by atoms with van der Waals surface area (Å²) in [5, 5.41) is 2.87. The molecule has 7 heteroatoms. The Balaban J connectivity index is 2.24. The van der Waals surface area contributed by atoms with Gasteiger partial charge in [-0.05, 0) is 49.6 Å². The SMILES string of the molecule is CNC(=O)[C@H](C1CCN(C)Cc2c(C(N)=O)nc(C3=CCC(C)CC3)n21)C(C)(C)C. The summed E-state index contributed by atoms with van der Waals surface area (Å²) in [6.07, 6.45) is 6.10. The zero-order valence-electron chi connectivity index (χ0n) is 19.3. The fourth-order valence-electron chi connectivity index (χ4n) is 5.00. The monoisotopic (exact) mass is 415 g/mol. The topological polar surface area (TPSA) is 93.2 Å². The lowest BCUT2D eigenvalue weighted by molar-refractivity contribution is -0.130. The highest BCUT2D eigenvalue weighted by Gasteiger charge is 2.42. The maximum absolute atomic E-state index is 13.1. The van der Waals surface area contributed by atoms with Crippen LogP contribution in [-0.2, 0) is 11.3 Å². The van der Waals surface area contributed by atoms with E-state index in [0.717, 1.165) is 43.7 Å². The molecule has 166 valence electrons. The summed E-state index contributed by atoms with van der Waals surface area (Å²) >= 11 is 0. The maximum Gasteiger partial charge on any atom is 0.269 e. The van der Waals surface area contributed by atoms with E-state index in [-0.39, 0.29) is 23.3 Å². The second-order valence-corrected chi connectivity index (χ2v) is 10.1. The normalized spacial score (nSPS) is 23.9. The Morgan fingerprint density at radius 2 is 2.00 bits per heavy atom. The number of allylic oxidation sites excluding steroid dienone is 2. The van der Waals surface area contributed by atoms with Crippen molar-refractivity contribution < 1.29 is 9.59 Å². The Hall–Kier alpha value is -2.15. The number of hydrogen-bond acceptors (Lipinski definition) is 4. The fourth-order valence-corrected chi connectivity index (χ4v) is 5.00. The predicted molar refractivity (Wildman–Crippen MR) is 119 cm³/mol. The lowest BCUT2D eigenvalue weighted by Crippen LogP contribution is -2.42. The number of nitrogens with one attached hydrogen (secondary N) is 1. The highest BCUT2D eigenvalue weighted by atomic mass is 16.2. The van der Waals surface area contributed by atoms with E-state index in [1.165, 1.54) is 5.57 Å². The first-order valence-electron chi connectivity index (χ1n) is 11.0. The van der Waals surface area contributed by atoms with Crippen LogP contribution in [0.2, 0.25) is 0 Å². The van der Waals surface area contributed by atoms with Crippen LogP contribution in [0.3, 0.4) is 0 Å². The largest absolute Gasteiger partial charge is 0.364 e. The molecular formula is C23H37N5O2. The molecule has 2 aliphatic rings. The zero-order valence-corrected chi connectivity index (χ0v) is 19.3. The highest BCUT2D eigenvalue weighted by Crippen LogP contribution is 2.42. The smallest absolute Gasteiger partial charge is 0.269 e. The van der Waals surface area contributed by atoms with E-state index in [1.54, 1.807) is 7.05 Å². The molecule has 3 atom stereocenters. The molecule has 3 N–H and O–H groups in total. The number of primary amides is 1. The van der Waals surface area contributed by atoms with Crippen LogP contribution in [0.1, 0.15) is 81.4 Å². The lowest BCUT2D eigenvalue weighted by atomic mass is 9.74. The fraction of sp³-hybridized carbons (Fsp3) is 0.696. The molecule has 0 saturated carbocycles. The highest BCUT2D eigenvalue weighted by molar-refractivity contribution is 5.92. The summed E-state index contributed by atoms with van der Waals surface area (Å²) in [7, 11) is 3.73. The second kappa shape index (κ2) is 8.53. The van der Waals surface area contributed by atoms with Crippen LogP contribution in [-0.4, -0.2) is 46.9 Å². The van der Waals surface area contributed by atoms with Crippen molar-refractivity contribution in [1.29, 1.82) is 0 Å². The molecule has 1 aromatic rings. The van der Waals surface area contributed by atoms with Crippen molar-refractivity contribution in [3.05, 3.63) is 23.3 Å². The van der Waals surface area contributed by atoms with E-state index < -0.39 is 5.91 Å². The molecule has 2 amide bonds. The van der Waals surface area contributed by atoms with Crippen LogP contribution in [0, 0.1) is 17.3 Å². The summed E-state index contributed by atoms with van der Waals surface area (Å²) in [6, 6.07) is -0.0965. The van der Waals surface area contributed by atoms with Crippen molar-refractivity contribution in [2.45, 2.75) is 66.0 Å². The summed E-state index contributed by atoms with van der Waals surface area (Å²) in [5.41, 5.74) is 7.85. The van der Waals surface area contributed by atoms with E-state index in [2.05, 4.69) is 48.6 Å². The van der Waals surface area contributed by atoms with E-state index >= 15 is 0 Å². The third kappa shape index (κ3) is 4.31. The van der Waals surface area contributed by atoms with E-state index in [4.69, 9.17) is 10.7 Å². The molecule has 0 fully saturated rings. The molecule has 1 aliphatic heterocycles. The molecule has 0 aromatic carbocycles. The van der Waals surface area contributed by atoms with Gasteiger partial charge in [0.1, 0.15) is 5.82 Å². The van der Waals surface area contributed by atoms with Crippen molar-refractivity contribution >= 4 is 17.4 Å². The first kappa shape index (κ1) is 22.5. The van der Waals surface area contributed by atoms with Crippen molar-refractivity contribution in [2.75, 3.05) is 20.6 Å². The maximum atomic E-state index is 13.1. The number of nitrogens with zero attached hydrogens (tertiary/aromatic N) is 3. The van der Waals surface area contributed by atoms with Gasteiger partial charge in [0.15, 0.2) is 5.69 Å². The quantitative estimate of drug-likeness (QED) is 0.791. The van der Waals surface area contributed by atoms with Gasteiger partial charge in [0.2, 0.25) is 5.91 Å². The number of carbonyl (C=O) groups is 2. The minimum absolute atomic E-state index is 0.0227. The van der Waals surface area contributed by atoms with E-state index in [1.807, 2.05) is 7.05 Å². The molecule has 2 unspecified atom stereocenters. The van der Waals surface area contributed by atoms with Gasteiger partial charge in [-0.2, -0.15) is 0 Å². The molecule has 0 bridgehead atoms. The average molecular weight is 416 g/mol. The Morgan fingerprint density at radius 3 is 2.53 bits per heavy atom. The molecule has 1 aliphatic carbocycles. The minimum Gasteiger partial charge on any atom is -0.364 e. The summed E-state index contributed by atoms with van der Waals surface area (Å²) in [4.78, 5) is 32.4. The molecular weight excluding hydrogens is 378 g/mol. The Kier molecular flexibility index (Phi) is 6.41. The van der Waals surface area contributed by atoms with Crippen LogP contribution < -0.4 is 11.1 Å². The Bertz CT molecular complexity index is 849. The summed E-state index contributed by atoms with van der Waals surface area (Å²) in [6.45, 7) is 10.0. The molecule has 0 radical (unpaired) electrons. The molecule has 2 heterocycles. The van der Waals surface area contributed by atoms with E-state index in [0.29, 0.717) is 18.2 Å². The zero-order chi connectivity index (χ0) is 22.2. The van der Waals surface area contributed by atoms with Gasteiger partial charge in [0.05, 0.1) is 11.6 Å². The number of hydrogen-bond donors (Lipinski definition) is 2. The van der Waals surface area contributed by atoms with Gasteiger partial charge in [-0.1, -0.05) is 33.8 Å². The van der Waals surface area contributed by atoms with Gasteiger partial charge in [0.25, 0.3) is 5.91 Å². The van der Waals surface area contributed by atoms with Crippen molar-refractivity contribution in [1.82, 2.24) is 19.8 Å².